The lowest BCUT2D eigenvalue weighted by atomic mass is 9.99. The van der Waals surface area contributed by atoms with Gasteiger partial charge in [0.15, 0.2) is 0 Å². The predicted molar refractivity (Wildman–Crippen MR) is 200 cm³/mol. The minimum absolute atomic E-state index is 0.0162. The van der Waals surface area contributed by atoms with Crippen molar-refractivity contribution in [3.05, 3.63) is 59.3 Å². The molecule has 0 saturated carbocycles. The number of benzene rings is 2. The van der Waals surface area contributed by atoms with E-state index in [9.17, 15) is 4.79 Å². The quantitative estimate of drug-likeness (QED) is 0.141. The number of ketones is 1. The van der Waals surface area contributed by atoms with Crippen molar-refractivity contribution in [3.8, 4) is 50.9 Å². The van der Waals surface area contributed by atoms with Gasteiger partial charge in [0.2, 0.25) is 5.78 Å². The fourth-order valence-corrected chi connectivity index (χ4v) is 6.72. The summed E-state index contributed by atoms with van der Waals surface area (Å²) in [6.07, 6.45) is 19.2. The molecule has 254 valence electrons. The van der Waals surface area contributed by atoms with E-state index in [0.29, 0.717) is 12.3 Å². The van der Waals surface area contributed by atoms with E-state index in [1.54, 1.807) is 25.2 Å². The Hall–Kier alpha value is -3.42. The Kier molecular flexibility index (Phi) is 18.8. The van der Waals surface area contributed by atoms with Crippen LogP contribution in [-0.4, -0.2) is 53.6 Å². The van der Waals surface area contributed by atoms with Crippen LogP contribution in [0.15, 0.2) is 42.6 Å². The van der Waals surface area contributed by atoms with E-state index in [1.165, 1.54) is 86.1 Å². The molecule has 1 fully saturated rings. The third-order valence-electron chi connectivity index (χ3n) is 8.20. The molecule has 1 unspecified atom stereocenters. The molecule has 1 saturated heterocycles. The highest BCUT2D eigenvalue weighted by Crippen LogP contribution is 2.41. The van der Waals surface area contributed by atoms with E-state index >= 15 is 0 Å². The second kappa shape index (κ2) is 22.2. The summed E-state index contributed by atoms with van der Waals surface area (Å²) in [6, 6.07) is 12.7. The third kappa shape index (κ3) is 13.0. The minimum atomic E-state index is 0.0162. The summed E-state index contributed by atoms with van der Waals surface area (Å²) in [5.41, 5.74) is 6.12. The van der Waals surface area contributed by atoms with E-state index in [-0.39, 0.29) is 11.9 Å². The number of fused-ring (bicyclic) bond motifs is 1. The van der Waals surface area contributed by atoms with Crippen molar-refractivity contribution in [2.24, 2.45) is 0 Å². The number of likely N-dealkylation sites (tertiary alicyclic amines) is 1. The first-order valence-corrected chi connectivity index (χ1v) is 18.1. The minimum Gasteiger partial charge on any atom is -0.490 e. The van der Waals surface area contributed by atoms with Gasteiger partial charge in [0, 0.05) is 25.3 Å². The second-order valence-corrected chi connectivity index (χ2v) is 13.2. The molecule has 0 spiro atoms. The van der Waals surface area contributed by atoms with E-state index in [0.717, 1.165) is 35.4 Å². The Bertz CT molecular complexity index is 1470. The Morgan fingerprint density at radius 1 is 1.13 bits per heavy atom. The van der Waals surface area contributed by atoms with Crippen LogP contribution >= 0.6 is 11.3 Å². The summed E-state index contributed by atoms with van der Waals surface area (Å²) in [5, 5.41) is 7.99. The maximum atomic E-state index is 10.2. The molecule has 6 heteroatoms. The summed E-state index contributed by atoms with van der Waals surface area (Å²) >= 11 is 1.72. The SMILES string of the molecule is C#Cc1cc(-c2ncc(-c3cccc4c3CCC4C)s2)ccc1OC(C)C.CC#CC(=O)CC.CCCCCN1CCCCC1.CO. The zero-order valence-corrected chi connectivity index (χ0v) is 30.6. The van der Waals surface area contributed by atoms with Crippen LogP contribution in [0.3, 0.4) is 0 Å². The lowest BCUT2D eigenvalue weighted by molar-refractivity contribution is -0.113. The zero-order chi connectivity index (χ0) is 34.6. The normalized spacial score (nSPS) is 14.9. The molecule has 0 radical (unpaired) electrons. The Balaban J connectivity index is 0.000000316. The monoisotopic (exact) mass is 656 g/mol. The van der Waals surface area contributed by atoms with Crippen molar-refractivity contribution in [1.82, 2.24) is 9.88 Å². The number of aromatic nitrogens is 1. The number of hydrogen-bond acceptors (Lipinski definition) is 6. The molecule has 0 amide bonds. The van der Waals surface area contributed by atoms with Gasteiger partial charge in [0.25, 0.3) is 0 Å². The summed E-state index contributed by atoms with van der Waals surface area (Å²) in [5.74, 6) is 9.09. The Morgan fingerprint density at radius 3 is 2.49 bits per heavy atom. The topological polar surface area (TPSA) is 62.7 Å². The van der Waals surface area contributed by atoms with Crippen LogP contribution in [0.25, 0.3) is 21.0 Å². The molecular weight excluding hydrogens is 601 g/mol. The standard InChI is InChI=1S/C24H23NOS.C10H21N.C6H8O.CH4O/c1-5-17-13-18(10-12-22(17)26-15(2)3)24-25-14-23(27-24)21-8-6-7-19-16(4)9-11-20(19)21;1-2-3-5-8-11-9-6-4-7-10-11;1-3-5-6(7)4-2;1-2/h1,6-8,10,12-16H,9,11H2,2-4H3;2-10H2,1H3;4H2,1-2H3;2H,1H3. The molecule has 2 aromatic carbocycles. The zero-order valence-electron chi connectivity index (χ0n) is 29.8. The summed E-state index contributed by atoms with van der Waals surface area (Å²) < 4.78 is 5.80. The van der Waals surface area contributed by atoms with Crippen LogP contribution in [0.5, 0.6) is 5.75 Å². The molecule has 47 heavy (non-hydrogen) atoms. The van der Waals surface area contributed by atoms with Crippen molar-refractivity contribution in [1.29, 1.82) is 0 Å². The molecule has 1 aromatic heterocycles. The number of thiazole rings is 1. The van der Waals surface area contributed by atoms with Crippen LogP contribution in [0.1, 0.15) is 116 Å². The smallest absolute Gasteiger partial charge is 0.205 e. The first-order valence-electron chi connectivity index (χ1n) is 17.3. The molecule has 1 N–H and O–H groups in total. The average molecular weight is 657 g/mol. The van der Waals surface area contributed by atoms with Crippen molar-refractivity contribution >= 4 is 17.1 Å². The van der Waals surface area contributed by atoms with E-state index < -0.39 is 0 Å². The van der Waals surface area contributed by atoms with Gasteiger partial charge in [-0.3, -0.25) is 4.79 Å². The van der Waals surface area contributed by atoms with Gasteiger partial charge in [-0.15, -0.1) is 17.8 Å². The van der Waals surface area contributed by atoms with Gasteiger partial charge in [-0.2, -0.15) is 0 Å². The highest BCUT2D eigenvalue weighted by molar-refractivity contribution is 7.18. The number of unbranched alkanes of at least 4 members (excludes halogenated alkanes) is 2. The molecule has 2 heterocycles. The predicted octanol–water partition coefficient (Wildman–Crippen LogP) is 9.56. The first kappa shape index (κ1) is 39.8. The number of aliphatic hydroxyl groups excluding tert-OH is 1. The Morgan fingerprint density at radius 2 is 1.87 bits per heavy atom. The second-order valence-electron chi connectivity index (χ2n) is 12.1. The van der Waals surface area contributed by atoms with Gasteiger partial charge < -0.3 is 14.7 Å². The molecule has 5 rings (SSSR count). The lowest BCUT2D eigenvalue weighted by Crippen LogP contribution is -2.30. The number of rotatable bonds is 9. The van der Waals surface area contributed by atoms with E-state index in [4.69, 9.17) is 16.3 Å². The number of hydrogen-bond donors (Lipinski definition) is 1. The van der Waals surface area contributed by atoms with Crippen molar-refractivity contribution in [2.45, 2.75) is 111 Å². The largest absolute Gasteiger partial charge is 0.490 e. The van der Waals surface area contributed by atoms with E-state index in [2.05, 4.69) is 59.7 Å². The maximum Gasteiger partial charge on any atom is 0.205 e. The fraction of sp³-hybridized carbons (Fsp3) is 0.512. The third-order valence-corrected chi connectivity index (χ3v) is 9.28. The molecule has 5 nitrogen and oxygen atoms in total. The van der Waals surface area contributed by atoms with Gasteiger partial charge in [-0.1, -0.05) is 70.1 Å². The van der Waals surface area contributed by atoms with Gasteiger partial charge >= 0.3 is 0 Å². The fourth-order valence-electron chi connectivity index (χ4n) is 5.75. The molecule has 2 aliphatic rings. The summed E-state index contributed by atoms with van der Waals surface area (Å²) in [4.78, 5) is 18.8. The first-order chi connectivity index (χ1) is 22.8. The van der Waals surface area contributed by atoms with Gasteiger partial charge in [-0.05, 0) is 119 Å². The van der Waals surface area contributed by atoms with Gasteiger partial charge in [-0.25, -0.2) is 4.98 Å². The number of nitrogens with zero attached hydrogens (tertiary/aromatic N) is 2. The molecule has 1 atom stereocenters. The highest BCUT2D eigenvalue weighted by Gasteiger charge is 2.22. The van der Waals surface area contributed by atoms with Crippen molar-refractivity contribution in [2.75, 3.05) is 26.7 Å². The van der Waals surface area contributed by atoms with Crippen LogP contribution < -0.4 is 4.74 Å². The average Bonchev–Trinajstić information content (AvgIpc) is 3.74. The molecule has 1 aliphatic carbocycles. The number of carbonyl (C=O) groups excluding carboxylic acids is 1. The molecule has 1 aliphatic heterocycles. The van der Waals surface area contributed by atoms with Crippen LogP contribution in [-0.2, 0) is 11.2 Å². The number of piperidine rings is 1. The molecular formula is C41H56N2O3S. The lowest BCUT2D eigenvalue weighted by Gasteiger charge is -2.26. The van der Waals surface area contributed by atoms with Crippen LogP contribution in [0.4, 0.5) is 0 Å². The molecule has 0 bridgehead atoms. The Labute approximate surface area is 289 Å². The summed E-state index contributed by atoms with van der Waals surface area (Å²) in [6.45, 7) is 16.1. The molecule has 3 aromatic rings. The van der Waals surface area contributed by atoms with Crippen LogP contribution in [0, 0.1) is 24.2 Å². The van der Waals surface area contributed by atoms with E-state index in [1.807, 2.05) is 38.2 Å². The highest BCUT2D eigenvalue weighted by atomic mass is 32.1. The number of Topliss-reactive ketones (excluding diaryl/α,β-unsaturated/α-hetero) is 1. The number of aliphatic hydroxyl groups is 1. The van der Waals surface area contributed by atoms with Gasteiger partial charge in [0.1, 0.15) is 10.8 Å². The van der Waals surface area contributed by atoms with Crippen LogP contribution in [0.2, 0.25) is 0 Å². The van der Waals surface area contributed by atoms with Gasteiger partial charge in [0.05, 0.1) is 16.5 Å². The maximum absolute atomic E-state index is 10.2. The summed E-state index contributed by atoms with van der Waals surface area (Å²) in [7, 11) is 1.00. The van der Waals surface area contributed by atoms with Crippen molar-refractivity contribution < 1.29 is 14.6 Å². The number of ether oxygens (including phenoxy) is 1. The number of terminal acetylenes is 1. The van der Waals surface area contributed by atoms with Crippen molar-refractivity contribution in [3.63, 3.8) is 0 Å². The number of carbonyl (C=O) groups is 1.